The van der Waals surface area contributed by atoms with E-state index in [2.05, 4.69) is 145 Å². The van der Waals surface area contributed by atoms with E-state index >= 15 is 0 Å². The summed E-state index contributed by atoms with van der Waals surface area (Å²) in [5.74, 6) is 0. The van der Waals surface area contributed by atoms with Gasteiger partial charge in [-0.25, -0.2) is 0 Å². The number of hydrogen-bond acceptors (Lipinski definition) is 6. The molecule has 0 spiro atoms. The Bertz CT molecular complexity index is 1140. The molecule has 0 N–H and O–H groups in total. The zero-order chi connectivity index (χ0) is 32.9. The molecule has 0 saturated heterocycles. The van der Waals surface area contributed by atoms with E-state index in [4.69, 9.17) is 48.0 Å². The quantitative estimate of drug-likeness (QED) is 0.214. The van der Waals surface area contributed by atoms with Crippen molar-refractivity contribution in [2.45, 2.75) is 128 Å². The lowest BCUT2D eigenvalue weighted by Crippen LogP contribution is -2.31. The summed E-state index contributed by atoms with van der Waals surface area (Å²) in [5.41, 5.74) is 2.63. The highest BCUT2D eigenvalue weighted by atomic mass is 32.5. The fraction of sp³-hybridized carbons (Fsp3) is 0.588. The maximum absolute atomic E-state index is 6.22. The van der Waals surface area contributed by atoms with Gasteiger partial charge in [-0.1, -0.05) is 192 Å². The van der Waals surface area contributed by atoms with E-state index in [1.54, 1.807) is 23.5 Å². The number of thioether (sulfide) groups is 2. The molecule has 2 aromatic rings. The van der Waals surface area contributed by atoms with Crippen molar-refractivity contribution in [3.63, 3.8) is 0 Å². The van der Waals surface area contributed by atoms with Crippen LogP contribution in [0.2, 0.25) is 0 Å². The molecule has 0 nitrogen and oxygen atoms in total. The standard InChI is InChI=1S/2C17H27PS3/c2*1-13(14-11-9-8-10-12-14)21-15(19)18(20,16(2,3)4)17(5,6)7/h2*8-13H,1-7H3/t2*13-/m00/s1. The van der Waals surface area contributed by atoms with Crippen LogP contribution in [0.25, 0.3) is 0 Å². The zero-order valence-electron chi connectivity index (χ0n) is 28.3. The van der Waals surface area contributed by atoms with Gasteiger partial charge in [0.15, 0.2) is 0 Å². The molecule has 0 amide bonds. The van der Waals surface area contributed by atoms with Crippen molar-refractivity contribution in [2.24, 2.45) is 0 Å². The SMILES string of the molecule is C[C@H](SC(=S)P(=S)(C(C)(C)C)C(C)(C)C)c1ccccc1.C[C@H](SC(=S)P(=S)(C(C)(C)C)C(C)(C)C)c1ccccc1. The van der Waals surface area contributed by atoms with Crippen LogP contribution in [0.3, 0.4) is 0 Å². The third-order valence-electron chi connectivity index (χ3n) is 7.39. The first-order valence-electron chi connectivity index (χ1n) is 14.5. The van der Waals surface area contributed by atoms with Crippen molar-refractivity contribution >= 4 is 91.5 Å². The third kappa shape index (κ3) is 9.81. The summed E-state index contributed by atoms with van der Waals surface area (Å²) in [4.78, 5) is 0. The summed E-state index contributed by atoms with van der Waals surface area (Å²) in [6.07, 6.45) is 0. The van der Waals surface area contributed by atoms with Crippen molar-refractivity contribution in [3.05, 3.63) is 71.8 Å². The monoisotopic (exact) mass is 716 g/mol. The van der Waals surface area contributed by atoms with Crippen molar-refractivity contribution in [1.82, 2.24) is 0 Å². The first-order valence-corrected chi connectivity index (χ1v) is 22.7. The first-order chi connectivity index (χ1) is 18.8. The van der Waals surface area contributed by atoms with Gasteiger partial charge < -0.3 is 0 Å². The Morgan fingerprint density at radius 3 is 0.905 bits per heavy atom. The molecule has 0 heterocycles. The highest BCUT2D eigenvalue weighted by Gasteiger charge is 2.46. The van der Waals surface area contributed by atoms with E-state index < -0.39 is 12.1 Å². The Morgan fingerprint density at radius 1 is 0.500 bits per heavy atom. The normalized spacial score (nSPS) is 14.8. The van der Waals surface area contributed by atoms with Gasteiger partial charge in [0.2, 0.25) is 0 Å². The molecule has 0 bridgehead atoms. The van der Waals surface area contributed by atoms with Gasteiger partial charge in [0.1, 0.15) is 0 Å². The van der Waals surface area contributed by atoms with Gasteiger partial charge in [-0.2, -0.15) is 0 Å². The average Bonchev–Trinajstić information content (AvgIpc) is 2.86. The molecular formula is C34H54P2S6. The minimum atomic E-state index is -1.82. The van der Waals surface area contributed by atoms with Crippen molar-refractivity contribution < 1.29 is 0 Å². The Hall–Kier alpha value is 0.620. The molecule has 0 aliphatic carbocycles. The van der Waals surface area contributed by atoms with Gasteiger partial charge in [-0.3, -0.25) is 0 Å². The largest absolute Gasteiger partial charge is 0.105 e. The molecule has 0 fully saturated rings. The summed E-state index contributed by atoms with van der Waals surface area (Å²) >= 11 is 27.8. The molecule has 0 unspecified atom stereocenters. The topological polar surface area (TPSA) is 0 Å². The Labute approximate surface area is 289 Å². The van der Waals surface area contributed by atoms with E-state index in [0.29, 0.717) is 10.5 Å². The molecule has 2 atom stereocenters. The van der Waals surface area contributed by atoms with E-state index in [9.17, 15) is 0 Å². The lowest BCUT2D eigenvalue weighted by Gasteiger charge is -2.45. The lowest BCUT2D eigenvalue weighted by atomic mass is 10.2. The summed E-state index contributed by atoms with van der Waals surface area (Å²) in [6.45, 7) is 31.4. The van der Waals surface area contributed by atoms with Crippen LogP contribution >= 0.6 is 60.0 Å². The maximum atomic E-state index is 6.22. The second-order valence-electron chi connectivity index (χ2n) is 14.8. The predicted molar refractivity (Wildman–Crippen MR) is 218 cm³/mol. The van der Waals surface area contributed by atoms with Crippen LogP contribution < -0.4 is 0 Å². The molecule has 8 heteroatoms. The molecule has 2 rings (SSSR count). The molecule has 0 radical (unpaired) electrons. The Balaban J connectivity index is 0.000000420. The van der Waals surface area contributed by atoms with Crippen molar-refractivity contribution in [1.29, 1.82) is 0 Å². The summed E-state index contributed by atoms with van der Waals surface area (Å²) < 4.78 is 2.10. The molecule has 236 valence electrons. The summed E-state index contributed by atoms with van der Waals surface area (Å²) in [6, 6.07) is 17.4. The minimum absolute atomic E-state index is 0.0566. The van der Waals surface area contributed by atoms with Crippen LogP contribution in [0.1, 0.15) is 119 Å². The molecule has 42 heavy (non-hydrogen) atoms. The van der Waals surface area contributed by atoms with Crippen LogP contribution in [-0.4, -0.2) is 28.5 Å². The number of benzene rings is 2. The summed E-state index contributed by atoms with van der Waals surface area (Å²) in [7, 11) is 0. The van der Waals surface area contributed by atoms with Crippen molar-refractivity contribution in [3.8, 4) is 0 Å². The van der Waals surface area contributed by atoms with Crippen LogP contribution in [-0.2, 0) is 23.6 Å². The van der Waals surface area contributed by atoms with Crippen LogP contribution in [0.5, 0.6) is 0 Å². The molecule has 2 aromatic carbocycles. The van der Waals surface area contributed by atoms with Gasteiger partial charge in [0, 0.05) is 22.6 Å². The van der Waals surface area contributed by atoms with Crippen molar-refractivity contribution in [2.75, 3.05) is 0 Å². The fourth-order valence-corrected chi connectivity index (χ4v) is 22.9. The first kappa shape index (κ1) is 40.6. The average molecular weight is 717 g/mol. The van der Waals surface area contributed by atoms with Crippen LogP contribution in [0, 0.1) is 0 Å². The zero-order valence-corrected chi connectivity index (χ0v) is 35.0. The summed E-state index contributed by atoms with van der Waals surface area (Å²) in [5, 5.41) is 0.932. The predicted octanol–water partition coefficient (Wildman–Crippen LogP) is 13.7. The number of hydrogen-bond donors (Lipinski definition) is 0. The lowest BCUT2D eigenvalue weighted by molar-refractivity contribution is 0.715. The van der Waals surface area contributed by atoms with E-state index in [1.165, 1.54) is 11.1 Å². The highest BCUT2D eigenvalue weighted by molar-refractivity contribution is 8.47. The van der Waals surface area contributed by atoms with E-state index in [-0.39, 0.29) is 20.6 Å². The van der Waals surface area contributed by atoms with E-state index in [0.717, 1.165) is 7.88 Å². The minimum Gasteiger partial charge on any atom is -0.105 e. The highest BCUT2D eigenvalue weighted by Crippen LogP contribution is 2.72. The van der Waals surface area contributed by atoms with Gasteiger partial charge >= 0.3 is 0 Å². The Morgan fingerprint density at radius 2 is 0.714 bits per heavy atom. The molecule has 0 aliphatic heterocycles. The second kappa shape index (κ2) is 15.5. The second-order valence-corrected chi connectivity index (χ2v) is 32.0. The van der Waals surface area contributed by atoms with Crippen LogP contribution in [0.15, 0.2) is 60.7 Å². The molecule has 0 saturated carbocycles. The maximum Gasteiger partial charge on any atom is 0.0822 e. The smallest absolute Gasteiger partial charge is 0.0822 e. The van der Waals surface area contributed by atoms with Crippen LogP contribution in [0.4, 0.5) is 0 Å². The van der Waals surface area contributed by atoms with Gasteiger partial charge in [0.05, 0.1) is 7.88 Å². The van der Waals surface area contributed by atoms with E-state index in [1.807, 2.05) is 12.1 Å². The molecular weight excluding hydrogens is 663 g/mol. The Kier molecular flexibility index (Phi) is 15.0. The van der Waals surface area contributed by atoms with Gasteiger partial charge in [0.25, 0.3) is 0 Å². The molecule has 0 aliphatic rings. The fourth-order valence-electron chi connectivity index (χ4n) is 5.14. The number of thiocarbonyl (C=S) groups is 2. The third-order valence-corrected chi connectivity index (χ3v) is 31.2. The van der Waals surface area contributed by atoms with Gasteiger partial charge in [-0.05, 0) is 45.6 Å². The molecule has 0 aromatic heterocycles. The number of rotatable bonds is 6. The van der Waals surface area contributed by atoms with Gasteiger partial charge in [-0.15, -0.1) is 23.5 Å².